The van der Waals surface area contributed by atoms with Gasteiger partial charge in [0.2, 0.25) is 0 Å². The van der Waals surface area contributed by atoms with E-state index in [0.29, 0.717) is 11.8 Å². The van der Waals surface area contributed by atoms with Crippen molar-refractivity contribution in [3.05, 3.63) is 0 Å². The zero-order valence-corrected chi connectivity index (χ0v) is 16.2. The Morgan fingerprint density at radius 3 is 2.08 bits per heavy atom. The summed E-state index contributed by atoms with van der Waals surface area (Å²) >= 11 is 0. The minimum atomic E-state index is -0.453. The van der Waals surface area contributed by atoms with E-state index >= 15 is 0 Å². The first-order chi connectivity index (χ1) is 12.2. The molecule has 0 bridgehead atoms. The van der Waals surface area contributed by atoms with Crippen molar-refractivity contribution in [3.63, 3.8) is 0 Å². The van der Waals surface area contributed by atoms with Crippen LogP contribution in [0.3, 0.4) is 0 Å². The van der Waals surface area contributed by atoms with E-state index in [1.54, 1.807) is 0 Å². The highest BCUT2D eigenvalue weighted by atomic mass is 16.6. The molecule has 4 aliphatic heterocycles. The molecule has 26 heavy (non-hydrogen) atoms. The fraction of sp³-hybridized carbons (Fsp3) is 0.895. The third kappa shape index (κ3) is 3.38. The molecule has 4 saturated heterocycles. The van der Waals surface area contributed by atoms with Crippen molar-refractivity contribution in [3.8, 4) is 0 Å². The van der Waals surface area contributed by atoms with Crippen LogP contribution in [-0.4, -0.2) is 84.9 Å². The van der Waals surface area contributed by atoms with Gasteiger partial charge >= 0.3 is 12.1 Å². The summed E-state index contributed by atoms with van der Waals surface area (Å²) in [4.78, 5) is 30.7. The fourth-order valence-corrected chi connectivity index (χ4v) is 4.75. The number of rotatable bonds is 0. The van der Waals surface area contributed by atoms with Crippen LogP contribution < -0.4 is 0 Å². The van der Waals surface area contributed by atoms with Gasteiger partial charge in [-0.25, -0.2) is 9.59 Å². The van der Waals surface area contributed by atoms with Gasteiger partial charge in [0, 0.05) is 56.5 Å². The Hall–Kier alpha value is -1.50. The monoisotopic (exact) mass is 365 g/mol. The normalized spacial score (nSPS) is 30.3. The number of likely N-dealkylation sites (tertiary alicyclic amines) is 3. The molecule has 0 N–H and O–H groups in total. The summed E-state index contributed by atoms with van der Waals surface area (Å²) < 4.78 is 11.0. The number of urea groups is 1. The number of piperidine rings is 1. The van der Waals surface area contributed by atoms with Crippen LogP contribution in [-0.2, 0) is 9.47 Å². The van der Waals surface area contributed by atoms with Gasteiger partial charge in [-0.05, 0) is 33.6 Å². The lowest BCUT2D eigenvalue weighted by Gasteiger charge is -2.54. The second-order valence-corrected chi connectivity index (χ2v) is 9.57. The van der Waals surface area contributed by atoms with E-state index in [1.807, 2.05) is 35.5 Å². The summed E-state index contributed by atoms with van der Waals surface area (Å²) in [6.07, 6.45) is 1.69. The van der Waals surface area contributed by atoms with E-state index < -0.39 is 5.60 Å². The van der Waals surface area contributed by atoms with Crippen molar-refractivity contribution in [2.24, 2.45) is 17.3 Å². The van der Waals surface area contributed by atoms with Gasteiger partial charge in [-0.15, -0.1) is 0 Å². The summed E-state index contributed by atoms with van der Waals surface area (Å²) in [5, 5.41) is 0. The molecular formula is C19H31N3O4. The van der Waals surface area contributed by atoms with Crippen molar-refractivity contribution in [2.45, 2.75) is 39.2 Å². The highest BCUT2D eigenvalue weighted by Gasteiger charge is 2.50. The zero-order valence-electron chi connectivity index (χ0n) is 16.2. The first-order valence-electron chi connectivity index (χ1n) is 9.84. The van der Waals surface area contributed by atoms with Crippen LogP contribution in [0.5, 0.6) is 0 Å². The van der Waals surface area contributed by atoms with Crippen LogP contribution >= 0.6 is 0 Å². The third-order valence-electron chi connectivity index (χ3n) is 6.31. The predicted octanol–water partition coefficient (Wildman–Crippen LogP) is 2.02. The lowest BCUT2D eigenvalue weighted by molar-refractivity contribution is -0.0375. The van der Waals surface area contributed by atoms with Crippen molar-refractivity contribution in [2.75, 3.05) is 52.5 Å². The minimum absolute atomic E-state index is 0.194. The second kappa shape index (κ2) is 6.29. The number of carbonyl (C=O) groups is 2. The van der Waals surface area contributed by atoms with Gasteiger partial charge < -0.3 is 24.2 Å². The highest BCUT2D eigenvalue weighted by Crippen LogP contribution is 2.42. The molecule has 4 aliphatic rings. The first kappa shape index (κ1) is 17.9. The number of amides is 3. The number of fused-ring (bicyclic) bond motifs is 1. The Balaban J connectivity index is 1.24. The summed E-state index contributed by atoms with van der Waals surface area (Å²) in [5.41, 5.74) is -0.252. The van der Waals surface area contributed by atoms with Gasteiger partial charge in [0.25, 0.3) is 0 Å². The van der Waals surface area contributed by atoms with Crippen molar-refractivity contribution in [1.82, 2.24) is 14.7 Å². The number of hydrogen-bond acceptors (Lipinski definition) is 4. The second-order valence-electron chi connectivity index (χ2n) is 9.57. The molecule has 146 valence electrons. The molecule has 4 heterocycles. The van der Waals surface area contributed by atoms with Gasteiger partial charge in [0.1, 0.15) is 5.60 Å². The van der Waals surface area contributed by atoms with Gasteiger partial charge in [-0.1, -0.05) is 0 Å². The molecule has 4 fully saturated rings. The Morgan fingerprint density at radius 2 is 1.54 bits per heavy atom. The van der Waals surface area contributed by atoms with Crippen LogP contribution in [0.1, 0.15) is 33.6 Å². The van der Waals surface area contributed by atoms with Crippen LogP contribution in [0.25, 0.3) is 0 Å². The highest BCUT2D eigenvalue weighted by molar-refractivity contribution is 5.76. The first-order valence-corrected chi connectivity index (χ1v) is 9.84. The standard InChI is InChI=1S/C19H31N3O4/c1-18(2,3)26-17(24)20-6-4-19(5-7-20)12-22(13-19)16(23)21-8-14-10-25-11-15(14)9-21/h14-15H,4-13H2,1-3H3. The van der Waals surface area contributed by atoms with Crippen molar-refractivity contribution in [1.29, 1.82) is 0 Å². The molecule has 7 heteroatoms. The molecule has 0 saturated carbocycles. The summed E-state index contributed by atoms with van der Waals surface area (Å²) in [7, 11) is 0. The molecule has 3 amide bonds. The van der Waals surface area contributed by atoms with E-state index in [4.69, 9.17) is 9.47 Å². The average molecular weight is 365 g/mol. The summed E-state index contributed by atoms with van der Waals surface area (Å²) in [5.74, 6) is 1.07. The molecule has 1 spiro atoms. The summed E-state index contributed by atoms with van der Waals surface area (Å²) in [6.45, 7) is 12.1. The van der Waals surface area contributed by atoms with Gasteiger partial charge in [0.05, 0.1) is 13.2 Å². The topological polar surface area (TPSA) is 62.3 Å². The molecular weight excluding hydrogens is 334 g/mol. The van der Waals surface area contributed by atoms with Gasteiger partial charge in [0.15, 0.2) is 0 Å². The molecule has 0 radical (unpaired) electrons. The fourth-order valence-electron chi connectivity index (χ4n) is 4.75. The average Bonchev–Trinajstić information content (AvgIpc) is 3.12. The number of hydrogen-bond donors (Lipinski definition) is 0. The molecule has 0 aromatic heterocycles. The van der Waals surface area contributed by atoms with E-state index in [9.17, 15) is 9.59 Å². The van der Waals surface area contributed by atoms with Crippen molar-refractivity contribution < 1.29 is 19.1 Å². The Morgan fingerprint density at radius 1 is 0.962 bits per heavy atom. The Labute approximate surface area is 155 Å². The zero-order chi connectivity index (χ0) is 18.5. The molecule has 7 nitrogen and oxygen atoms in total. The third-order valence-corrected chi connectivity index (χ3v) is 6.31. The van der Waals surface area contributed by atoms with Crippen LogP contribution in [0.4, 0.5) is 9.59 Å². The predicted molar refractivity (Wildman–Crippen MR) is 95.8 cm³/mol. The number of nitrogens with zero attached hydrogens (tertiary/aromatic N) is 3. The minimum Gasteiger partial charge on any atom is -0.444 e. The maximum absolute atomic E-state index is 12.7. The van der Waals surface area contributed by atoms with Gasteiger partial charge in [-0.2, -0.15) is 0 Å². The smallest absolute Gasteiger partial charge is 0.410 e. The molecule has 4 rings (SSSR count). The number of carbonyl (C=O) groups excluding carboxylic acids is 2. The van der Waals surface area contributed by atoms with E-state index in [-0.39, 0.29) is 17.5 Å². The van der Waals surface area contributed by atoms with Crippen LogP contribution in [0.2, 0.25) is 0 Å². The van der Waals surface area contributed by atoms with Gasteiger partial charge in [-0.3, -0.25) is 0 Å². The Kier molecular flexibility index (Phi) is 4.33. The van der Waals surface area contributed by atoms with E-state index in [1.165, 1.54) is 0 Å². The van der Waals surface area contributed by atoms with E-state index in [0.717, 1.165) is 65.3 Å². The lowest BCUT2D eigenvalue weighted by Crippen LogP contribution is -2.64. The van der Waals surface area contributed by atoms with E-state index in [2.05, 4.69) is 0 Å². The Bertz CT molecular complexity index is 560. The quantitative estimate of drug-likeness (QED) is 0.659. The van der Waals surface area contributed by atoms with Crippen LogP contribution in [0, 0.1) is 17.3 Å². The van der Waals surface area contributed by atoms with Crippen molar-refractivity contribution >= 4 is 12.1 Å². The molecule has 0 aromatic carbocycles. The maximum atomic E-state index is 12.7. The largest absolute Gasteiger partial charge is 0.444 e. The molecule has 0 aliphatic carbocycles. The lowest BCUT2D eigenvalue weighted by atomic mass is 9.72. The SMILES string of the molecule is CC(C)(C)OC(=O)N1CCC2(CC1)CN(C(=O)N1CC3COCC3C1)C2. The van der Waals surface area contributed by atoms with Crippen LogP contribution in [0.15, 0.2) is 0 Å². The molecule has 2 atom stereocenters. The molecule has 0 aromatic rings. The molecule has 2 unspecified atom stereocenters. The summed E-state index contributed by atoms with van der Waals surface area (Å²) in [6, 6.07) is 0.194. The maximum Gasteiger partial charge on any atom is 0.410 e. The number of ether oxygens (including phenoxy) is 2.